The van der Waals surface area contributed by atoms with Crippen LogP contribution in [0.5, 0.6) is 11.5 Å². The molecule has 144 valence electrons. The predicted molar refractivity (Wildman–Crippen MR) is 110 cm³/mol. The number of anilines is 1. The van der Waals surface area contributed by atoms with Crippen molar-refractivity contribution in [3.05, 3.63) is 53.6 Å². The van der Waals surface area contributed by atoms with Gasteiger partial charge in [-0.05, 0) is 36.6 Å². The summed E-state index contributed by atoms with van der Waals surface area (Å²) in [6, 6.07) is 15.7. The fourth-order valence-electron chi connectivity index (χ4n) is 3.74. The van der Waals surface area contributed by atoms with Gasteiger partial charge in [0.15, 0.2) is 11.5 Å². The summed E-state index contributed by atoms with van der Waals surface area (Å²) < 4.78 is 10.8. The number of ether oxygens (including phenoxy) is 2. The number of rotatable bonds is 3. The van der Waals surface area contributed by atoms with Crippen LogP contribution in [0.1, 0.15) is 17.5 Å². The summed E-state index contributed by atoms with van der Waals surface area (Å²) in [7, 11) is 0. The van der Waals surface area contributed by atoms with Crippen molar-refractivity contribution in [2.24, 2.45) is 0 Å². The summed E-state index contributed by atoms with van der Waals surface area (Å²) in [6.45, 7) is 0.903. The molecule has 0 saturated carbocycles. The first-order valence-corrected chi connectivity index (χ1v) is 10.4. The van der Waals surface area contributed by atoms with Gasteiger partial charge in [-0.15, -0.1) is 0 Å². The number of carbonyl (C=O) groups is 1. The number of aromatic nitrogens is 1. The van der Waals surface area contributed by atoms with Crippen LogP contribution in [-0.4, -0.2) is 30.0 Å². The topological polar surface area (TPSA) is 75.5 Å². The molecular formula is C22H17N3O3S. The van der Waals surface area contributed by atoms with Gasteiger partial charge in [-0.25, -0.2) is 4.98 Å². The minimum absolute atomic E-state index is 0.0265. The van der Waals surface area contributed by atoms with Crippen LogP contribution in [0.25, 0.3) is 10.9 Å². The summed E-state index contributed by atoms with van der Waals surface area (Å²) in [4.78, 5) is 19.4. The number of nitriles is 1. The zero-order valence-electron chi connectivity index (χ0n) is 15.6. The monoisotopic (exact) mass is 403 g/mol. The Morgan fingerprint density at radius 1 is 1.21 bits per heavy atom. The zero-order valence-corrected chi connectivity index (χ0v) is 16.4. The summed E-state index contributed by atoms with van der Waals surface area (Å²) in [5.74, 6) is 1.55. The SMILES string of the molecule is N#Cc1cc2cc3c(cc2nc1SCC(=O)N1CCCc2ccccc21)OCO3. The number of hydrogen-bond donors (Lipinski definition) is 0. The lowest BCUT2D eigenvalue weighted by Crippen LogP contribution is -2.36. The smallest absolute Gasteiger partial charge is 0.237 e. The van der Waals surface area contributed by atoms with E-state index in [4.69, 9.17) is 9.47 Å². The summed E-state index contributed by atoms with van der Waals surface area (Å²) in [5, 5.41) is 10.9. The molecule has 7 heteroatoms. The first-order chi connectivity index (χ1) is 14.2. The van der Waals surface area contributed by atoms with Gasteiger partial charge in [0.1, 0.15) is 11.1 Å². The Morgan fingerprint density at radius 2 is 2.03 bits per heavy atom. The van der Waals surface area contributed by atoms with Crippen LogP contribution in [0.2, 0.25) is 0 Å². The van der Waals surface area contributed by atoms with E-state index in [-0.39, 0.29) is 18.5 Å². The Kier molecular flexibility index (Phi) is 4.49. The largest absolute Gasteiger partial charge is 0.454 e. The normalized spacial score (nSPS) is 14.5. The highest BCUT2D eigenvalue weighted by molar-refractivity contribution is 8.00. The molecule has 2 aliphatic rings. The molecule has 0 saturated heterocycles. The minimum Gasteiger partial charge on any atom is -0.454 e. The molecule has 3 heterocycles. The highest BCUT2D eigenvalue weighted by Crippen LogP contribution is 2.37. The Labute approximate surface area is 172 Å². The van der Waals surface area contributed by atoms with Crippen LogP contribution in [0, 0.1) is 11.3 Å². The number of benzene rings is 2. The van der Waals surface area contributed by atoms with Gasteiger partial charge in [0.25, 0.3) is 0 Å². The molecule has 5 rings (SSSR count). The van der Waals surface area contributed by atoms with E-state index in [2.05, 4.69) is 17.1 Å². The standard InChI is InChI=1S/C22H17N3O3S/c23-11-16-8-15-9-19-20(28-13-27-19)10-17(15)24-22(16)29-12-21(26)25-7-3-5-14-4-1-2-6-18(14)25/h1-2,4,6,8-10H,3,5,7,12-13H2. The van der Waals surface area contributed by atoms with Crippen molar-refractivity contribution in [2.75, 3.05) is 24.0 Å². The van der Waals surface area contributed by atoms with Gasteiger partial charge < -0.3 is 14.4 Å². The van der Waals surface area contributed by atoms with Crippen molar-refractivity contribution in [2.45, 2.75) is 17.9 Å². The molecule has 1 amide bonds. The van der Waals surface area contributed by atoms with Crippen LogP contribution in [-0.2, 0) is 11.2 Å². The third-order valence-corrected chi connectivity index (χ3v) is 6.11. The molecule has 0 aliphatic carbocycles. The van der Waals surface area contributed by atoms with E-state index < -0.39 is 0 Å². The number of pyridine rings is 1. The fraction of sp³-hybridized carbons (Fsp3) is 0.227. The number of carbonyl (C=O) groups excluding carboxylic acids is 1. The molecule has 1 aromatic heterocycles. The van der Waals surface area contributed by atoms with Gasteiger partial charge in [-0.1, -0.05) is 30.0 Å². The highest BCUT2D eigenvalue weighted by atomic mass is 32.2. The van der Waals surface area contributed by atoms with Crippen molar-refractivity contribution in [1.82, 2.24) is 4.98 Å². The quantitative estimate of drug-likeness (QED) is 0.618. The van der Waals surface area contributed by atoms with Crippen molar-refractivity contribution in [3.8, 4) is 17.6 Å². The molecule has 0 N–H and O–H groups in total. The average molecular weight is 403 g/mol. The van der Waals surface area contributed by atoms with Gasteiger partial charge in [-0.3, -0.25) is 4.79 Å². The molecule has 3 aromatic rings. The molecule has 6 nitrogen and oxygen atoms in total. The number of amides is 1. The van der Waals surface area contributed by atoms with Crippen molar-refractivity contribution in [3.63, 3.8) is 0 Å². The molecule has 29 heavy (non-hydrogen) atoms. The molecule has 0 spiro atoms. The Morgan fingerprint density at radius 3 is 2.90 bits per heavy atom. The lowest BCUT2D eigenvalue weighted by Gasteiger charge is -2.29. The Balaban J connectivity index is 1.40. The van der Waals surface area contributed by atoms with Gasteiger partial charge in [0.05, 0.1) is 16.8 Å². The van der Waals surface area contributed by atoms with E-state index >= 15 is 0 Å². The van der Waals surface area contributed by atoms with Gasteiger partial charge in [0.2, 0.25) is 12.7 Å². The first-order valence-electron chi connectivity index (χ1n) is 9.38. The second-order valence-corrected chi connectivity index (χ2v) is 7.88. The maximum absolute atomic E-state index is 12.9. The Hall–Kier alpha value is -3.24. The second-order valence-electron chi connectivity index (χ2n) is 6.92. The Bertz CT molecular complexity index is 1170. The molecule has 0 radical (unpaired) electrons. The summed E-state index contributed by atoms with van der Waals surface area (Å²) in [6.07, 6.45) is 1.95. The molecule has 2 aliphatic heterocycles. The van der Waals surface area contributed by atoms with E-state index in [1.54, 1.807) is 6.07 Å². The summed E-state index contributed by atoms with van der Waals surface area (Å²) >= 11 is 1.30. The lowest BCUT2D eigenvalue weighted by atomic mass is 10.0. The number of fused-ring (bicyclic) bond motifs is 3. The van der Waals surface area contributed by atoms with E-state index in [0.29, 0.717) is 27.6 Å². The van der Waals surface area contributed by atoms with Crippen molar-refractivity contribution >= 4 is 34.3 Å². The van der Waals surface area contributed by atoms with E-state index in [0.717, 1.165) is 30.5 Å². The van der Waals surface area contributed by atoms with Crippen LogP contribution < -0.4 is 14.4 Å². The van der Waals surface area contributed by atoms with Crippen LogP contribution >= 0.6 is 11.8 Å². The van der Waals surface area contributed by atoms with Gasteiger partial charge in [-0.2, -0.15) is 5.26 Å². The molecule has 0 bridgehead atoms. The maximum atomic E-state index is 12.9. The zero-order chi connectivity index (χ0) is 19.8. The van der Waals surface area contributed by atoms with Crippen molar-refractivity contribution < 1.29 is 14.3 Å². The molecule has 2 aromatic carbocycles. The lowest BCUT2D eigenvalue weighted by molar-refractivity contribution is -0.116. The van der Waals surface area contributed by atoms with Crippen molar-refractivity contribution in [1.29, 1.82) is 5.26 Å². The molecule has 0 unspecified atom stereocenters. The summed E-state index contributed by atoms with van der Waals surface area (Å²) in [5.41, 5.74) is 3.36. The number of nitrogens with zero attached hydrogens (tertiary/aromatic N) is 3. The van der Waals surface area contributed by atoms with Gasteiger partial charge in [0, 0.05) is 23.7 Å². The number of para-hydroxylation sites is 1. The fourth-order valence-corrected chi connectivity index (χ4v) is 4.58. The number of thioether (sulfide) groups is 1. The second kappa shape index (κ2) is 7.30. The first kappa shape index (κ1) is 17.8. The minimum atomic E-state index is 0.0265. The molecule has 0 atom stereocenters. The molecular weight excluding hydrogens is 386 g/mol. The van der Waals surface area contributed by atoms with Gasteiger partial charge >= 0.3 is 0 Å². The van der Waals surface area contributed by atoms with Crippen LogP contribution in [0.3, 0.4) is 0 Å². The third kappa shape index (κ3) is 3.26. The van der Waals surface area contributed by atoms with E-state index in [1.165, 1.54) is 17.3 Å². The predicted octanol–water partition coefficient (Wildman–Crippen LogP) is 3.91. The average Bonchev–Trinajstić information content (AvgIpc) is 3.22. The number of aryl methyl sites for hydroxylation is 1. The third-order valence-electron chi connectivity index (χ3n) is 5.14. The van der Waals surface area contributed by atoms with E-state index in [1.807, 2.05) is 35.2 Å². The van der Waals surface area contributed by atoms with Crippen LogP contribution in [0.4, 0.5) is 5.69 Å². The maximum Gasteiger partial charge on any atom is 0.237 e. The molecule has 0 fully saturated rings. The van der Waals surface area contributed by atoms with Crippen LogP contribution in [0.15, 0.2) is 47.5 Å². The number of hydrogen-bond acceptors (Lipinski definition) is 6. The highest BCUT2D eigenvalue weighted by Gasteiger charge is 2.23. The van der Waals surface area contributed by atoms with E-state index in [9.17, 15) is 10.1 Å².